The van der Waals surface area contributed by atoms with E-state index in [1.165, 1.54) is 28.6 Å². The second kappa shape index (κ2) is 7.96. The Bertz CT molecular complexity index is 900. The highest BCUT2D eigenvalue weighted by Gasteiger charge is 2.20. The maximum Gasteiger partial charge on any atom is 0.237 e. The van der Waals surface area contributed by atoms with Gasteiger partial charge in [0.05, 0.1) is 23.7 Å². The zero-order valence-corrected chi connectivity index (χ0v) is 14.9. The van der Waals surface area contributed by atoms with Crippen LogP contribution in [0.2, 0.25) is 0 Å². The maximum absolute atomic E-state index is 13.7. The number of para-hydroxylation sites is 1. The molecule has 0 aliphatic carbocycles. The summed E-state index contributed by atoms with van der Waals surface area (Å²) in [5.41, 5.74) is 0.875. The smallest absolute Gasteiger partial charge is 0.237 e. The molecule has 1 unspecified atom stereocenters. The van der Waals surface area contributed by atoms with Crippen LogP contribution in [0, 0.1) is 5.82 Å². The Balaban J connectivity index is 1.72. The molecular formula is C17H16FN5O2S. The number of tetrazole rings is 1. The van der Waals surface area contributed by atoms with Crippen LogP contribution in [0.3, 0.4) is 0 Å². The molecule has 0 bridgehead atoms. The fourth-order valence-electron chi connectivity index (χ4n) is 2.15. The number of amides is 1. The van der Waals surface area contributed by atoms with Crippen LogP contribution in [0.1, 0.15) is 6.92 Å². The number of aromatic nitrogens is 4. The normalized spacial score (nSPS) is 11.8. The summed E-state index contributed by atoms with van der Waals surface area (Å²) in [7, 11) is 1.59. The van der Waals surface area contributed by atoms with E-state index in [0.29, 0.717) is 10.9 Å². The van der Waals surface area contributed by atoms with Crippen LogP contribution in [0.25, 0.3) is 5.69 Å². The number of hydrogen-bond acceptors (Lipinski definition) is 6. The lowest BCUT2D eigenvalue weighted by Crippen LogP contribution is -2.23. The van der Waals surface area contributed by atoms with E-state index >= 15 is 0 Å². The Hall–Kier alpha value is -2.94. The van der Waals surface area contributed by atoms with Crippen molar-refractivity contribution in [3.8, 4) is 11.4 Å². The molecule has 3 aromatic rings. The number of anilines is 1. The van der Waals surface area contributed by atoms with Gasteiger partial charge in [0.1, 0.15) is 11.6 Å². The van der Waals surface area contributed by atoms with Gasteiger partial charge in [-0.2, -0.15) is 4.68 Å². The minimum Gasteiger partial charge on any atom is -0.497 e. The monoisotopic (exact) mass is 373 g/mol. The maximum atomic E-state index is 13.7. The molecule has 134 valence electrons. The third-order valence-electron chi connectivity index (χ3n) is 3.54. The first-order valence-corrected chi connectivity index (χ1v) is 8.61. The van der Waals surface area contributed by atoms with E-state index in [0.717, 1.165) is 5.69 Å². The molecule has 0 spiro atoms. The largest absolute Gasteiger partial charge is 0.497 e. The number of methoxy groups -OCH3 is 1. The molecule has 1 atom stereocenters. The van der Waals surface area contributed by atoms with Crippen LogP contribution in [0.15, 0.2) is 53.7 Å². The number of thioether (sulfide) groups is 1. The van der Waals surface area contributed by atoms with E-state index in [9.17, 15) is 9.18 Å². The first kappa shape index (κ1) is 17.9. The second-order valence-electron chi connectivity index (χ2n) is 5.30. The molecule has 1 N–H and O–H groups in total. The lowest BCUT2D eigenvalue weighted by molar-refractivity contribution is -0.115. The summed E-state index contributed by atoms with van der Waals surface area (Å²) < 4.78 is 20.3. The summed E-state index contributed by atoms with van der Waals surface area (Å²) in [4.78, 5) is 12.3. The summed E-state index contributed by atoms with van der Waals surface area (Å²) in [6.07, 6.45) is 0. The van der Waals surface area contributed by atoms with Gasteiger partial charge in [-0.25, -0.2) is 4.39 Å². The van der Waals surface area contributed by atoms with Gasteiger partial charge in [-0.1, -0.05) is 23.9 Å². The number of carbonyl (C=O) groups excluding carboxylic acids is 1. The number of rotatable bonds is 6. The molecular weight excluding hydrogens is 357 g/mol. The van der Waals surface area contributed by atoms with Crippen LogP contribution in [-0.2, 0) is 4.79 Å². The average Bonchev–Trinajstić information content (AvgIpc) is 3.11. The number of benzene rings is 2. The zero-order valence-electron chi connectivity index (χ0n) is 14.1. The van der Waals surface area contributed by atoms with E-state index < -0.39 is 11.1 Å². The third-order valence-corrected chi connectivity index (χ3v) is 4.57. The van der Waals surface area contributed by atoms with Crippen molar-refractivity contribution in [2.24, 2.45) is 0 Å². The molecule has 0 saturated carbocycles. The van der Waals surface area contributed by atoms with E-state index in [1.54, 1.807) is 38.3 Å². The second-order valence-corrected chi connectivity index (χ2v) is 6.61. The Morgan fingerprint density at radius 3 is 2.65 bits per heavy atom. The van der Waals surface area contributed by atoms with Crippen LogP contribution in [-0.4, -0.2) is 38.5 Å². The van der Waals surface area contributed by atoms with Gasteiger partial charge in [-0.05, 0) is 53.7 Å². The van der Waals surface area contributed by atoms with Gasteiger partial charge in [-0.3, -0.25) is 4.79 Å². The lowest BCUT2D eigenvalue weighted by atomic mass is 10.3. The number of halogens is 1. The van der Waals surface area contributed by atoms with E-state index in [4.69, 9.17) is 4.74 Å². The standard InChI is InChI=1S/C17H16FN5O2S/c1-11(16(24)19-15-6-4-3-5-14(15)18)26-17-20-21-22-23(17)12-7-9-13(25-2)10-8-12/h3-11H,1-2H3,(H,19,24). The number of nitrogens with zero attached hydrogens (tertiary/aromatic N) is 4. The Morgan fingerprint density at radius 2 is 1.96 bits per heavy atom. The third kappa shape index (κ3) is 3.99. The minimum atomic E-state index is -0.530. The highest BCUT2D eigenvalue weighted by Crippen LogP contribution is 2.25. The van der Waals surface area contributed by atoms with Crippen molar-refractivity contribution in [1.82, 2.24) is 20.2 Å². The molecule has 0 aliphatic rings. The molecule has 26 heavy (non-hydrogen) atoms. The summed E-state index contributed by atoms with van der Waals surface area (Å²) in [5.74, 6) is -0.112. The van der Waals surface area contributed by atoms with Crippen molar-refractivity contribution in [1.29, 1.82) is 0 Å². The van der Waals surface area contributed by atoms with Crippen molar-refractivity contribution in [3.63, 3.8) is 0 Å². The van der Waals surface area contributed by atoms with E-state index in [-0.39, 0.29) is 11.6 Å². The van der Waals surface area contributed by atoms with Gasteiger partial charge < -0.3 is 10.1 Å². The van der Waals surface area contributed by atoms with E-state index in [2.05, 4.69) is 20.8 Å². The predicted octanol–water partition coefficient (Wildman–Crippen LogP) is 2.93. The molecule has 1 amide bonds. The molecule has 0 saturated heterocycles. The number of carbonyl (C=O) groups is 1. The van der Waals surface area contributed by atoms with Gasteiger partial charge in [0.2, 0.25) is 11.1 Å². The summed E-state index contributed by atoms with van der Waals surface area (Å²) in [6, 6.07) is 13.2. The molecule has 2 aromatic carbocycles. The molecule has 1 aromatic heterocycles. The fraction of sp³-hybridized carbons (Fsp3) is 0.176. The number of ether oxygens (including phenoxy) is 1. The van der Waals surface area contributed by atoms with Crippen LogP contribution >= 0.6 is 11.8 Å². The van der Waals surface area contributed by atoms with Crippen molar-refractivity contribution in [3.05, 3.63) is 54.3 Å². The highest BCUT2D eigenvalue weighted by molar-refractivity contribution is 8.00. The molecule has 0 radical (unpaired) electrons. The van der Waals surface area contributed by atoms with Gasteiger partial charge >= 0.3 is 0 Å². The molecule has 9 heteroatoms. The van der Waals surface area contributed by atoms with Gasteiger partial charge in [-0.15, -0.1) is 5.10 Å². The summed E-state index contributed by atoms with van der Waals surface area (Å²) in [6.45, 7) is 1.70. The quantitative estimate of drug-likeness (QED) is 0.669. The molecule has 7 nitrogen and oxygen atoms in total. The average molecular weight is 373 g/mol. The van der Waals surface area contributed by atoms with Gasteiger partial charge in [0.15, 0.2) is 0 Å². The highest BCUT2D eigenvalue weighted by atomic mass is 32.2. The Morgan fingerprint density at radius 1 is 1.23 bits per heavy atom. The molecule has 0 aliphatic heterocycles. The molecule has 1 heterocycles. The Kier molecular flexibility index (Phi) is 5.47. The Labute approximate surface area is 153 Å². The first-order valence-electron chi connectivity index (χ1n) is 7.73. The lowest BCUT2D eigenvalue weighted by Gasteiger charge is -2.12. The van der Waals surface area contributed by atoms with E-state index in [1.807, 2.05) is 12.1 Å². The van der Waals surface area contributed by atoms with Gasteiger partial charge in [0.25, 0.3) is 0 Å². The van der Waals surface area contributed by atoms with Crippen molar-refractivity contribution < 1.29 is 13.9 Å². The molecule has 0 fully saturated rings. The minimum absolute atomic E-state index is 0.139. The van der Waals surface area contributed by atoms with Crippen molar-refractivity contribution in [2.45, 2.75) is 17.3 Å². The van der Waals surface area contributed by atoms with Crippen LogP contribution in [0.5, 0.6) is 5.75 Å². The van der Waals surface area contributed by atoms with Crippen molar-refractivity contribution >= 4 is 23.4 Å². The number of hydrogen-bond donors (Lipinski definition) is 1. The SMILES string of the molecule is COc1ccc(-n2nnnc2SC(C)C(=O)Nc2ccccc2F)cc1. The summed E-state index contributed by atoms with van der Waals surface area (Å²) in [5, 5.41) is 14.1. The van der Waals surface area contributed by atoms with Crippen LogP contribution in [0.4, 0.5) is 10.1 Å². The first-order chi connectivity index (χ1) is 12.6. The predicted molar refractivity (Wildman–Crippen MR) is 96.1 cm³/mol. The summed E-state index contributed by atoms with van der Waals surface area (Å²) >= 11 is 1.18. The topological polar surface area (TPSA) is 81.9 Å². The number of nitrogens with one attached hydrogen (secondary N) is 1. The fourth-order valence-corrected chi connectivity index (χ4v) is 2.95. The molecule has 3 rings (SSSR count). The van der Waals surface area contributed by atoms with Crippen molar-refractivity contribution in [2.75, 3.05) is 12.4 Å². The zero-order chi connectivity index (χ0) is 18.5. The van der Waals surface area contributed by atoms with Gasteiger partial charge in [0, 0.05) is 0 Å². The van der Waals surface area contributed by atoms with Crippen LogP contribution < -0.4 is 10.1 Å².